The lowest BCUT2D eigenvalue weighted by Crippen LogP contribution is -2.30. The molecule has 0 radical (unpaired) electrons. The number of urea groups is 1. The number of H-pyrrole nitrogens is 1. The molecule has 3 N–H and O–H groups in total. The van der Waals surface area contributed by atoms with Gasteiger partial charge in [0.05, 0.1) is 5.69 Å². The number of rotatable bonds is 7. The first-order valence-corrected chi connectivity index (χ1v) is 8.80. The summed E-state index contributed by atoms with van der Waals surface area (Å²) in [6.45, 7) is 4.48. The summed E-state index contributed by atoms with van der Waals surface area (Å²) in [6, 6.07) is 5.26. The first kappa shape index (κ1) is 17.6. The molecule has 0 saturated carbocycles. The predicted molar refractivity (Wildman–Crippen MR) is 94.3 cm³/mol. The second-order valence-electron chi connectivity index (χ2n) is 4.89. The monoisotopic (exact) mass is 353 g/mol. The Morgan fingerprint density at radius 2 is 2.26 bits per heavy atom. The topological polar surface area (TPSA) is 82.7 Å². The lowest BCUT2D eigenvalue weighted by atomic mass is 10.3. The molecule has 0 aliphatic rings. The van der Waals surface area contributed by atoms with Gasteiger partial charge in [-0.15, -0.1) is 11.8 Å². The van der Waals surface area contributed by atoms with Crippen molar-refractivity contribution in [3.63, 3.8) is 0 Å². The van der Waals surface area contributed by atoms with E-state index >= 15 is 0 Å². The highest BCUT2D eigenvalue weighted by Crippen LogP contribution is 2.29. The third-order valence-electron chi connectivity index (χ3n) is 3.00. The lowest BCUT2D eigenvalue weighted by Gasteiger charge is -2.11. The fourth-order valence-electron chi connectivity index (χ4n) is 2.00. The number of aromatic nitrogens is 3. The number of aromatic amines is 1. The molecule has 2 rings (SSSR count). The molecular formula is C15H20ClN5OS. The van der Waals surface area contributed by atoms with Gasteiger partial charge in [-0.3, -0.25) is 5.10 Å². The molecule has 2 amide bonds. The van der Waals surface area contributed by atoms with Crippen molar-refractivity contribution in [3.8, 4) is 0 Å². The van der Waals surface area contributed by atoms with Crippen molar-refractivity contribution in [3.05, 3.63) is 34.9 Å². The highest BCUT2D eigenvalue weighted by molar-refractivity contribution is 7.99. The van der Waals surface area contributed by atoms with Crippen molar-refractivity contribution in [2.45, 2.75) is 31.6 Å². The maximum atomic E-state index is 12.0. The smallest absolute Gasteiger partial charge is 0.319 e. The van der Waals surface area contributed by atoms with Crippen molar-refractivity contribution >= 4 is 35.1 Å². The zero-order valence-electron chi connectivity index (χ0n) is 13.1. The number of halogens is 1. The SMILES string of the molecule is CCSc1ccc(Cl)cc1NC(=O)NCCCc1n[nH]c(C)n1. The van der Waals surface area contributed by atoms with Crippen molar-refractivity contribution < 1.29 is 4.79 Å². The van der Waals surface area contributed by atoms with E-state index in [1.54, 1.807) is 17.8 Å². The summed E-state index contributed by atoms with van der Waals surface area (Å²) < 4.78 is 0. The van der Waals surface area contributed by atoms with Crippen LogP contribution in [0, 0.1) is 6.92 Å². The second kappa shape index (κ2) is 8.79. The van der Waals surface area contributed by atoms with Gasteiger partial charge in [-0.25, -0.2) is 9.78 Å². The van der Waals surface area contributed by atoms with Gasteiger partial charge in [0.1, 0.15) is 5.82 Å². The molecule has 2 aromatic rings. The Labute approximate surface area is 144 Å². The summed E-state index contributed by atoms with van der Waals surface area (Å²) in [4.78, 5) is 17.2. The number of nitrogens with one attached hydrogen (secondary N) is 3. The summed E-state index contributed by atoms with van der Waals surface area (Å²) in [5.74, 6) is 2.49. The number of carbonyl (C=O) groups is 1. The maximum Gasteiger partial charge on any atom is 0.319 e. The molecule has 1 aromatic heterocycles. The van der Waals surface area contributed by atoms with Crippen molar-refractivity contribution in [1.29, 1.82) is 0 Å². The van der Waals surface area contributed by atoms with Gasteiger partial charge in [-0.05, 0) is 37.3 Å². The first-order valence-electron chi connectivity index (χ1n) is 7.43. The molecule has 0 spiro atoms. The fraction of sp³-hybridized carbons (Fsp3) is 0.400. The van der Waals surface area contributed by atoms with E-state index in [4.69, 9.17) is 11.6 Å². The van der Waals surface area contributed by atoms with Crippen molar-refractivity contribution in [2.75, 3.05) is 17.6 Å². The number of benzene rings is 1. The average molecular weight is 354 g/mol. The Hall–Kier alpha value is -1.73. The van der Waals surface area contributed by atoms with Crippen LogP contribution in [0.25, 0.3) is 0 Å². The molecule has 124 valence electrons. The quantitative estimate of drug-likeness (QED) is 0.524. The standard InChI is InChI=1S/C15H20ClN5OS/c1-3-23-13-7-6-11(16)9-12(13)19-15(22)17-8-4-5-14-18-10(2)20-21-14/h6-7,9H,3-5,8H2,1-2H3,(H2,17,19,22)(H,18,20,21). The first-order chi connectivity index (χ1) is 11.1. The number of hydrogen-bond acceptors (Lipinski definition) is 4. The summed E-state index contributed by atoms with van der Waals surface area (Å²) in [5, 5.41) is 13.1. The van der Waals surface area contributed by atoms with Crippen LogP contribution in [0.15, 0.2) is 23.1 Å². The molecule has 0 unspecified atom stereocenters. The third kappa shape index (κ3) is 5.76. The van der Waals surface area contributed by atoms with Crippen molar-refractivity contribution in [1.82, 2.24) is 20.5 Å². The molecule has 1 heterocycles. The number of carbonyl (C=O) groups excluding carboxylic acids is 1. The van der Waals surface area contributed by atoms with Gasteiger partial charge in [-0.2, -0.15) is 5.10 Å². The van der Waals surface area contributed by atoms with Gasteiger partial charge in [0.15, 0.2) is 5.82 Å². The molecule has 0 fully saturated rings. The minimum atomic E-state index is -0.239. The predicted octanol–water partition coefficient (Wildman–Crippen LogP) is 3.63. The van der Waals surface area contributed by atoms with Gasteiger partial charge < -0.3 is 10.6 Å². The Bertz CT molecular complexity index is 661. The van der Waals surface area contributed by atoms with E-state index in [1.165, 1.54) is 0 Å². The Kier molecular flexibility index (Phi) is 6.73. The molecule has 0 aliphatic carbocycles. The summed E-state index contributed by atoms with van der Waals surface area (Å²) in [7, 11) is 0. The highest BCUT2D eigenvalue weighted by Gasteiger charge is 2.08. The van der Waals surface area contributed by atoms with E-state index in [1.807, 2.05) is 19.1 Å². The van der Waals surface area contributed by atoms with Crippen LogP contribution in [-0.2, 0) is 6.42 Å². The minimum Gasteiger partial charge on any atom is -0.338 e. The van der Waals surface area contributed by atoms with Gasteiger partial charge in [0.25, 0.3) is 0 Å². The van der Waals surface area contributed by atoms with Crippen LogP contribution >= 0.6 is 23.4 Å². The zero-order valence-corrected chi connectivity index (χ0v) is 14.7. The van der Waals surface area contributed by atoms with Crippen LogP contribution in [-0.4, -0.2) is 33.5 Å². The van der Waals surface area contributed by atoms with Gasteiger partial charge in [0.2, 0.25) is 0 Å². The van der Waals surface area contributed by atoms with Crippen LogP contribution in [0.1, 0.15) is 25.0 Å². The highest BCUT2D eigenvalue weighted by atomic mass is 35.5. The summed E-state index contributed by atoms with van der Waals surface area (Å²) in [5.41, 5.74) is 0.728. The molecule has 23 heavy (non-hydrogen) atoms. The van der Waals surface area contributed by atoms with E-state index in [-0.39, 0.29) is 6.03 Å². The second-order valence-corrected chi connectivity index (χ2v) is 6.64. The molecule has 0 saturated heterocycles. The van der Waals surface area contributed by atoms with Crippen LogP contribution < -0.4 is 10.6 Å². The molecule has 0 aliphatic heterocycles. The van der Waals surface area contributed by atoms with Crippen molar-refractivity contribution in [2.24, 2.45) is 0 Å². The third-order valence-corrected chi connectivity index (χ3v) is 4.19. The van der Waals surface area contributed by atoms with Gasteiger partial charge >= 0.3 is 6.03 Å². The number of nitrogens with zero attached hydrogens (tertiary/aromatic N) is 2. The molecule has 1 aromatic carbocycles. The Balaban J connectivity index is 1.79. The Morgan fingerprint density at radius 1 is 1.43 bits per heavy atom. The zero-order chi connectivity index (χ0) is 16.7. The van der Waals surface area contributed by atoms with Gasteiger partial charge in [-0.1, -0.05) is 18.5 Å². The van der Waals surface area contributed by atoms with E-state index in [0.29, 0.717) is 11.6 Å². The molecular weight excluding hydrogens is 334 g/mol. The average Bonchev–Trinajstić information content (AvgIpc) is 2.92. The van der Waals surface area contributed by atoms with Crippen LogP contribution in [0.3, 0.4) is 0 Å². The van der Waals surface area contributed by atoms with Gasteiger partial charge in [0, 0.05) is 22.9 Å². The van der Waals surface area contributed by atoms with E-state index in [0.717, 1.165) is 40.8 Å². The van der Waals surface area contributed by atoms with Crippen LogP contribution in [0.4, 0.5) is 10.5 Å². The van der Waals surface area contributed by atoms with E-state index in [2.05, 4.69) is 32.7 Å². The molecule has 6 nitrogen and oxygen atoms in total. The molecule has 8 heteroatoms. The molecule has 0 atom stereocenters. The molecule has 0 bridgehead atoms. The minimum absolute atomic E-state index is 0.239. The number of amides is 2. The summed E-state index contributed by atoms with van der Waals surface area (Å²) >= 11 is 7.66. The van der Waals surface area contributed by atoms with Crippen LogP contribution in [0.5, 0.6) is 0 Å². The largest absolute Gasteiger partial charge is 0.338 e. The van der Waals surface area contributed by atoms with E-state index in [9.17, 15) is 4.79 Å². The number of aryl methyl sites for hydroxylation is 2. The lowest BCUT2D eigenvalue weighted by molar-refractivity contribution is 0.252. The number of hydrogen-bond donors (Lipinski definition) is 3. The van der Waals surface area contributed by atoms with E-state index < -0.39 is 0 Å². The normalized spacial score (nSPS) is 10.6. The maximum absolute atomic E-state index is 12.0. The van der Waals surface area contributed by atoms with Crippen LogP contribution in [0.2, 0.25) is 5.02 Å². The number of anilines is 1. The number of thioether (sulfide) groups is 1. The Morgan fingerprint density at radius 3 is 2.96 bits per heavy atom. The fourth-order valence-corrected chi connectivity index (χ4v) is 2.91. The summed E-state index contributed by atoms with van der Waals surface area (Å²) in [6.07, 6.45) is 1.50.